The van der Waals surface area contributed by atoms with Gasteiger partial charge in [-0.25, -0.2) is 0 Å². The number of rotatable bonds is 7. The van der Waals surface area contributed by atoms with Crippen LogP contribution in [0, 0.1) is 0 Å². The molecule has 1 N–H and O–H groups in total. The summed E-state index contributed by atoms with van der Waals surface area (Å²) in [5.41, 5.74) is 1.19. The predicted molar refractivity (Wildman–Crippen MR) is 96.4 cm³/mol. The largest absolute Gasteiger partial charge is 0.493 e. The van der Waals surface area contributed by atoms with Crippen LogP contribution < -0.4 is 19.5 Å². The monoisotopic (exact) mass is 337 g/mol. The van der Waals surface area contributed by atoms with Gasteiger partial charge >= 0.3 is 0 Å². The van der Waals surface area contributed by atoms with Crippen LogP contribution in [0.25, 0.3) is 0 Å². The summed E-state index contributed by atoms with van der Waals surface area (Å²) in [7, 11) is 9.18. The van der Waals surface area contributed by atoms with Crippen molar-refractivity contribution in [1.82, 2.24) is 15.1 Å². The molecule has 24 heavy (non-hydrogen) atoms. The van der Waals surface area contributed by atoms with E-state index in [4.69, 9.17) is 14.2 Å². The summed E-state index contributed by atoms with van der Waals surface area (Å²) < 4.78 is 16.5. The average Bonchev–Trinajstić information content (AvgIpc) is 2.58. The second kappa shape index (κ2) is 8.55. The Labute approximate surface area is 145 Å². The molecule has 2 atom stereocenters. The van der Waals surface area contributed by atoms with E-state index < -0.39 is 0 Å². The van der Waals surface area contributed by atoms with E-state index in [1.807, 2.05) is 0 Å². The van der Waals surface area contributed by atoms with Crippen LogP contribution in [0.5, 0.6) is 17.2 Å². The molecular weight excluding hydrogens is 306 g/mol. The van der Waals surface area contributed by atoms with Crippen molar-refractivity contribution in [3.8, 4) is 17.2 Å². The number of nitrogens with one attached hydrogen (secondary N) is 1. The lowest BCUT2D eigenvalue weighted by molar-refractivity contribution is 0.0964. The first kappa shape index (κ1) is 18.8. The van der Waals surface area contributed by atoms with Gasteiger partial charge in [-0.3, -0.25) is 4.90 Å². The molecule has 1 aliphatic rings. The fraction of sp³-hybridized carbons (Fsp3) is 0.667. The minimum atomic E-state index is 0.269. The molecule has 2 unspecified atom stereocenters. The Hall–Kier alpha value is -1.50. The van der Waals surface area contributed by atoms with E-state index in [0.29, 0.717) is 23.3 Å². The third-order valence-corrected chi connectivity index (χ3v) is 4.56. The zero-order valence-corrected chi connectivity index (χ0v) is 15.8. The van der Waals surface area contributed by atoms with Crippen LogP contribution >= 0.6 is 0 Å². The zero-order valence-electron chi connectivity index (χ0n) is 15.8. The number of likely N-dealkylation sites (N-methyl/N-ethyl adjacent to an activating group) is 1. The van der Waals surface area contributed by atoms with Crippen LogP contribution in [0.3, 0.4) is 0 Å². The van der Waals surface area contributed by atoms with Gasteiger partial charge in [-0.2, -0.15) is 0 Å². The highest BCUT2D eigenvalue weighted by molar-refractivity contribution is 5.54. The molecule has 1 aromatic carbocycles. The first-order chi connectivity index (χ1) is 11.5. The van der Waals surface area contributed by atoms with Gasteiger partial charge in [-0.1, -0.05) is 0 Å². The van der Waals surface area contributed by atoms with Crippen molar-refractivity contribution in [2.24, 2.45) is 0 Å². The lowest BCUT2D eigenvalue weighted by Gasteiger charge is -2.41. The molecule has 0 radical (unpaired) electrons. The van der Waals surface area contributed by atoms with E-state index in [1.165, 1.54) is 5.56 Å². The molecule has 0 aliphatic carbocycles. The number of ether oxygens (including phenoxy) is 3. The van der Waals surface area contributed by atoms with E-state index >= 15 is 0 Å². The van der Waals surface area contributed by atoms with Crippen LogP contribution in [0.4, 0.5) is 0 Å². The van der Waals surface area contributed by atoms with Crippen molar-refractivity contribution >= 4 is 0 Å². The van der Waals surface area contributed by atoms with Gasteiger partial charge in [0.2, 0.25) is 5.75 Å². The number of hydrogen-bond acceptors (Lipinski definition) is 6. The molecule has 1 heterocycles. The first-order valence-electron chi connectivity index (χ1n) is 8.42. The molecule has 0 aromatic heterocycles. The second-order valence-corrected chi connectivity index (χ2v) is 6.53. The van der Waals surface area contributed by atoms with E-state index in [2.05, 4.69) is 48.3 Å². The summed E-state index contributed by atoms with van der Waals surface area (Å²) in [6.07, 6.45) is 0. The second-order valence-electron chi connectivity index (χ2n) is 6.53. The highest BCUT2D eigenvalue weighted by atomic mass is 16.5. The standard InChI is InChI=1S/C18H31N3O3/c1-13-11-19-7-8-21(13)15(12-20(2)3)14-9-16(22-4)18(24-6)17(10-14)23-5/h9-10,13,15,19H,7-8,11-12H2,1-6H3. The maximum Gasteiger partial charge on any atom is 0.203 e. The summed E-state index contributed by atoms with van der Waals surface area (Å²) in [6.45, 7) is 6.25. The molecule has 136 valence electrons. The van der Waals surface area contributed by atoms with Crippen molar-refractivity contribution < 1.29 is 14.2 Å². The minimum Gasteiger partial charge on any atom is -0.493 e. The quantitative estimate of drug-likeness (QED) is 0.816. The van der Waals surface area contributed by atoms with E-state index in [-0.39, 0.29) is 6.04 Å². The fourth-order valence-corrected chi connectivity index (χ4v) is 3.36. The summed E-state index contributed by atoms with van der Waals surface area (Å²) in [6, 6.07) is 4.89. The van der Waals surface area contributed by atoms with E-state index in [1.54, 1.807) is 21.3 Å². The van der Waals surface area contributed by atoms with E-state index in [0.717, 1.165) is 26.2 Å². The maximum atomic E-state index is 5.54. The molecule has 1 saturated heterocycles. The molecule has 0 amide bonds. The van der Waals surface area contributed by atoms with Gasteiger partial charge < -0.3 is 24.4 Å². The summed E-state index contributed by atoms with van der Waals surface area (Å²) in [5.74, 6) is 2.05. The molecule has 0 saturated carbocycles. The van der Waals surface area contributed by atoms with Gasteiger partial charge in [0.25, 0.3) is 0 Å². The minimum absolute atomic E-state index is 0.269. The van der Waals surface area contributed by atoms with Crippen molar-refractivity contribution in [3.05, 3.63) is 17.7 Å². The summed E-state index contributed by atoms with van der Waals surface area (Å²) in [5, 5.41) is 3.46. The lowest BCUT2D eigenvalue weighted by Crippen LogP contribution is -2.52. The summed E-state index contributed by atoms with van der Waals surface area (Å²) >= 11 is 0. The van der Waals surface area contributed by atoms with Crippen molar-refractivity contribution in [1.29, 1.82) is 0 Å². The van der Waals surface area contributed by atoms with Crippen molar-refractivity contribution in [3.63, 3.8) is 0 Å². The number of methoxy groups -OCH3 is 3. The van der Waals surface area contributed by atoms with Crippen molar-refractivity contribution in [2.75, 3.05) is 61.6 Å². The lowest BCUT2D eigenvalue weighted by atomic mass is 10.0. The summed E-state index contributed by atoms with van der Waals surface area (Å²) in [4.78, 5) is 4.78. The highest BCUT2D eigenvalue weighted by Gasteiger charge is 2.29. The number of piperazine rings is 1. The molecule has 6 heteroatoms. The maximum absolute atomic E-state index is 5.54. The van der Waals surface area contributed by atoms with Gasteiger partial charge in [0.1, 0.15) is 0 Å². The Kier molecular flexibility index (Phi) is 6.71. The topological polar surface area (TPSA) is 46.2 Å². The molecule has 6 nitrogen and oxygen atoms in total. The molecule has 0 bridgehead atoms. The molecule has 2 rings (SSSR count). The molecule has 1 aromatic rings. The molecule has 0 spiro atoms. The van der Waals surface area contributed by atoms with Crippen LogP contribution in [-0.4, -0.2) is 77.4 Å². The SMILES string of the molecule is COc1cc(C(CN(C)C)N2CCNCC2C)cc(OC)c1OC. The van der Waals surface area contributed by atoms with Crippen LogP contribution in [-0.2, 0) is 0 Å². The third-order valence-electron chi connectivity index (χ3n) is 4.56. The van der Waals surface area contributed by atoms with Gasteiger partial charge in [-0.15, -0.1) is 0 Å². The Balaban J connectivity index is 2.45. The van der Waals surface area contributed by atoms with Crippen molar-refractivity contribution in [2.45, 2.75) is 19.0 Å². The Morgan fingerprint density at radius 2 is 1.79 bits per heavy atom. The van der Waals surface area contributed by atoms with Crippen LogP contribution in [0.1, 0.15) is 18.5 Å². The van der Waals surface area contributed by atoms with Gasteiger partial charge in [0.05, 0.1) is 21.3 Å². The normalized spacial score (nSPS) is 20.0. The third kappa shape index (κ3) is 4.12. The predicted octanol–water partition coefficient (Wildman–Crippen LogP) is 1.61. The molecule has 1 fully saturated rings. The molecular formula is C18H31N3O3. The zero-order chi connectivity index (χ0) is 17.7. The highest BCUT2D eigenvalue weighted by Crippen LogP contribution is 2.41. The number of hydrogen-bond donors (Lipinski definition) is 1. The average molecular weight is 337 g/mol. The Morgan fingerprint density at radius 1 is 1.17 bits per heavy atom. The Bertz CT molecular complexity index is 511. The fourth-order valence-electron chi connectivity index (χ4n) is 3.36. The van der Waals surface area contributed by atoms with Gasteiger partial charge in [-0.05, 0) is 38.7 Å². The van der Waals surface area contributed by atoms with Gasteiger partial charge in [0.15, 0.2) is 11.5 Å². The van der Waals surface area contributed by atoms with Crippen LogP contribution in [0.15, 0.2) is 12.1 Å². The van der Waals surface area contributed by atoms with Crippen LogP contribution in [0.2, 0.25) is 0 Å². The number of nitrogens with zero attached hydrogens (tertiary/aromatic N) is 2. The smallest absolute Gasteiger partial charge is 0.203 e. The van der Waals surface area contributed by atoms with Gasteiger partial charge in [0, 0.05) is 38.3 Å². The first-order valence-corrected chi connectivity index (χ1v) is 8.42. The Morgan fingerprint density at radius 3 is 2.25 bits per heavy atom. The van der Waals surface area contributed by atoms with E-state index in [9.17, 15) is 0 Å². The number of benzene rings is 1. The molecule has 1 aliphatic heterocycles.